The summed E-state index contributed by atoms with van der Waals surface area (Å²) >= 11 is 0. The number of hydrogen-bond acceptors (Lipinski definition) is 4. The molecule has 2 heterocycles. The summed E-state index contributed by atoms with van der Waals surface area (Å²) in [4.78, 5) is 12.6. The van der Waals surface area contributed by atoms with Crippen molar-refractivity contribution in [2.75, 3.05) is 19.8 Å². The van der Waals surface area contributed by atoms with Crippen LogP contribution in [0.25, 0.3) is 0 Å². The van der Waals surface area contributed by atoms with Gasteiger partial charge in [-0.3, -0.25) is 9.48 Å². The van der Waals surface area contributed by atoms with E-state index in [-0.39, 0.29) is 5.78 Å². The van der Waals surface area contributed by atoms with E-state index in [1.165, 1.54) is 0 Å². The minimum absolute atomic E-state index is 0.147. The minimum Gasteiger partial charge on any atom is -0.381 e. The molecule has 1 fully saturated rings. The maximum atomic E-state index is 12.6. The Balaban J connectivity index is 2.06. The van der Waals surface area contributed by atoms with Crippen LogP contribution in [-0.2, 0) is 27.2 Å². The van der Waals surface area contributed by atoms with E-state index in [0.717, 1.165) is 12.1 Å². The number of aryl methyl sites for hydroxylation is 1. The molecule has 0 atom stereocenters. The molecule has 0 unspecified atom stereocenters. The van der Waals surface area contributed by atoms with Crippen molar-refractivity contribution in [2.24, 2.45) is 0 Å². The first kappa shape index (κ1) is 14.2. The summed E-state index contributed by atoms with van der Waals surface area (Å²) in [6.07, 6.45) is 5.39. The zero-order valence-electron chi connectivity index (χ0n) is 11.7. The van der Waals surface area contributed by atoms with Gasteiger partial charge in [0, 0.05) is 51.8 Å². The highest BCUT2D eigenvalue weighted by atomic mass is 16.5. The number of carbonyl (C=O) groups excluding carboxylic acids is 1. The Hall–Kier alpha value is -1.20. The van der Waals surface area contributed by atoms with Gasteiger partial charge >= 0.3 is 0 Å². The van der Waals surface area contributed by atoms with E-state index in [1.54, 1.807) is 6.20 Å². The van der Waals surface area contributed by atoms with E-state index in [2.05, 4.69) is 5.10 Å². The molecule has 5 nitrogen and oxygen atoms in total. The zero-order chi connectivity index (χ0) is 13.7. The number of Topliss-reactive ketones (excluding diaryl/α,β-unsaturated/α-hetero) is 1. The highest BCUT2D eigenvalue weighted by Crippen LogP contribution is 2.27. The monoisotopic (exact) mass is 266 g/mol. The number of carbonyl (C=O) groups is 1. The summed E-state index contributed by atoms with van der Waals surface area (Å²) in [6.45, 7) is 6.52. The Morgan fingerprint density at radius 3 is 2.79 bits per heavy atom. The van der Waals surface area contributed by atoms with E-state index in [9.17, 15) is 4.79 Å². The first-order valence-corrected chi connectivity index (χ1v) is 6.96. The van der Waals surface area contributed by atoms with Gasteiger partial charge in [-0.25, -0.2) is 0 Å². The zero-order valence-corrected chi connectivity index (χ0v) is 11.7. The van der Waals surface area contributed by atoms with Crippen LogP contribution in [0.3, 0.4) is 0 Å². The molecule has 1 saturated heterocycles. The van der Waals surface area contributed by atoms with Crippen LogP contribution in [-0.4, -0.2) is 41.0 Å². The second-order valence-electron chi connectivity index (χ2n) is 4.84. The van der Waals surface area contributed by atoms with Crippen molar-refractivity contribution >= 4 is 5.78 Å². The third-order valence-electron chi connectivity index (χ3n) is 3.60. The fourth-order valence-electron chi connectivity index (χ4n) is 2.50. The Morgan fingerprint density at radius 1 is 1.47 bits per heavy atom. The molecule has 2 rings (SSSR count). The Kier molecular flexibility index (Phi) is 4.71. The number of ether oxygens (including phenoxy) is 2. The van der Waals surface area contributed by atoms with Gasteiger partial charge in [0.1, 0.15) is 5.60 Å². The summed E-state index contributed by atoms with van der Waals surface area (Å²) in [5, 5.41) is 4.20. The van der Waals surface area contributed by atoms with Gasteiger partial charge in [0.25, 0.3) is 0 Å². The SMILES string of the molecule is CCOC1(C(=O)Cc2cnn(CC)c2)CCOCC1. The molecule has 5 heteroatoms. The van der Waals surface area contributed by atoms with Gasteiger partial charge in [-0.1, -0.05) is 0 Å². The summed E-state index contributed by atoms with van der Waals surface area (Å²) in [7, 11) is 0. The van der Waals surface area contributed by atoms with E-state index >= 15 is 0 Å². The van der Waals surface area contributed by atoms with Crippen LogP contribution in [0.4, 0.5) is 0 Å². The van der Waals surface area contributed by atoms with Crippen LogP contribution >= 0.6 is 0 Å². The van der Waals surface area contributed by atoms with Crippen molar-refractivity contribution in [3.05, 3.63) is 18.0 Å². The van der Waals surface area contributed by atoms with Gasteiger partial charge in [0.05, 0.1) is 6.20 Å². The van der Waals surface area contributed by atoms with Crippen molar-refractivity contribution < 1.29 is 14.3 Å². The van der Waals surface area contributed by atoms with Crippen LogP contribution in [0, 0.1) is 0 Å². The van der Waals surface area contributed by atoms with Crippen LogP contribution < -0.4 is 0 Å². The number of rotatable bonds is 6. The van der Waals surface area contributed by atoms with Gasteiger partial charge < -0.3 is 9.47 Å². The average molecular weight is 266 g/mol. The molecule has 0 saturated carbocycles. The molecule has 106 valence electrons. The molecule has 0 N–H and O–H groups in total. The fourth-order valence-corrected chi connectivity index (χ4v) is 2.50. The number of nitrogens with zero attached hydrogens (tertiary/aromatic N) is 2. The van der Waals surface area contributed by atoms with Crippen LogP contribution in [0.15, 0.2) is 12.4 Å². The molecular weight excluding hydrogens is 244 g/mol. The molecule has 0 amide bonds. The minimum atomic E-state index is -0.651. The lowest BCUT2D eigenvalue weighted by atomic mass is 9.86. The lowest BCUT2D eigenvalue weighted by Gasteiger charge is -2.35. The van der Waals surface area contributed by atoms with Crippen LogP contribution in [0.1, 0.15) is 32.3 Å². The second-order valence-corrected chi connectivity index (χ2v) is 4.84. The average Bonchev–Trinajstić information content (AvgIpc) is 2.88. The topological polar surface area (TPSA) is 53.3 Å². The molecular formula is C14H22N2O3. The number of hydrogen-bond donors (Lipinski definition) is 0. The van der Waals surface area contributed by atoms with Gasteiger partial charge in [-0.2, -0.15) is 5.10 Å². The molecule has 0 aliphatic carbocycles. The van der Waals surface area contributed by atoms with E-state index in [4.69, 9.17) is 9.47 Å². The smallest absolute Gasteiger partial charge is 0.169 e. The summed E-state index contributed by atoms with van der Waals surface area (Å²) in [5.74, 6) is 0.147. The maximum Gasteiger partial charge on any atom is 0.169 e. The fraction of sp³-hybridized carbons (Fsp3) is 0.714. The van der Waals surface area contributed by atoms with E-state index < -0.39 is 5.60 Å². The van der Waals surface area contributed by atoms with Crippen molar-refractivity contribution in [1.29, 1.82) is 0 Å². The standard InChI is InChI=1S/C14H22N2O3/c1-3-16-11-12(10-15-16)9-13(17)14(19-4-2)5-7-18-8-6-14/h10-11H,3-9H2,1-2H3. The van der Waals surface area contributed by atoms with Crippen molar-refractivity contribution in [3.63, 3.8) is 0 Å². The maximum absolute atomic E-state index is 12.6. The highest BCUT2D eigenvalue weighted by Gasteiger charge is 2.40. The number of ketones is 1. The van der Waals surface area contributed by atoms with Gasteiger partial charge in [0.15, 0.2) is 5.78 Å². The normalized spacial score (nSPS) is 18.4. The third kappa shape index (κ3) is 3.22. The van der Waals surface area contributed by atoms with Crippen molar-refractivity contribution in [1.82, 2.24) is 9.78 Å². The third-order valence-corrected chi connectivity index (χ3v) is 3.60. The second kappa shape index (κ2) is 6.30. The lowest BCUT2D eigenvalue weighted by molar-refractivity contribution is -0.156. The molecule has 1 aliphatic rings. The Bertz CT molecular complexity index is 417. The van der Waals surface area contributed by atoms with Crippen molar-refractivity contribution in [3.8, 4) is 0 Å². The Morgan fingerprint density at radius 2 is 2.21 bits per heavy atom. The van der Waals surface area contributed by atoms with Gasteiger partial charge in [-0.05, 0) is 19.4 Å². The molecule has 0 bridgehead atoms. The highest BCUT2D eigenvalue weighted by molar-refractivity contribution is 5.89. The van der Waals surface area contributed by atoms with Crippen molar-refractivity contribution in [2.45, 2.75) is 45.3 Å². The molecule has 0 spiro atoms. The van der Waals surface area contributed by atoms with Crippen LogP contribution in [0.5, 0.6) is 0 Å². The molecule has 1 aromatic rings. The first-order valence-electron chi connectivity index (χ1n) is 6.96. The number of aromatic nitrogens is 2. The molecule has 0 radical (unpaired) electrons. The van der Waals surface area contributed by atoms with E-state index in [0.29, 0.717) is 39.1 Å². The first-order chi connectivity index (χ1) is 9.20. The molecule has 0 aromatic carbocycles. The van der Waals surface area contributed by atoms with Crippen LogP contribution in [0.2, 0.25) is 0 Å². The molecule has 1 aromatic heterocycles. The summed E-state index contributed by atoms with van der Waals surface area (Å²) in [6, 6.07) is 0. The van der Waals surface area contributed by atoms with E-state index in [1.807, 2.05) is 24.7 Å². The largest absolute Gasteiger partial charge is 0.381 e. The van der Waals surface area contributed by atoms with Gasteiger partial charge in [-0.15, -0.1) is 0 Å². The Labute approximate surface area is 113 Å². The quantitative estimate of drug-likeness (QED) is 0.785. The molecule has 1 aliphatic heterocycles. The summed E-state index contributed by atoms with van der Waals surface area (Å²) < 4.78 is 13.0. The summed E-state index contributed by atoms with van der Waals surface area (Å²) in [5.41, 5.74) is 0.304. The molecule has 19 heavy (non-hydrogen) atoms. The lowest BCUT2D eigenvalue weighted by Crippen LogP contribution is -2.47. The predicted octanol–water partition coefficient (Wildman–Crippen LogP) is 1.60. The predicted molar refractivity (Wildman–Crippen MR) is 71.0 cm³/mol. The van der Waals surface area contributed by atoms with Gasteiger partial charge in [0.2, 0.25) is 0 Å².